The lowest BCUT2D eigenvalue weighted by Crippen LogP contribution is -1.94. The molecule has 0 aliphatic rings. The van der Waals surface area contributed by atoms with Crippen molar-refractivity contribution in [2.75, 3.05) is 0 Å². The van der Waals surface area contributed by atoms with E-state index in [0.29, 0.717) is 11.8 Å². The van der Waals surface area contributed by atoms with Crippen LogP contribution in [0.2, 0.25) is 0 Å². The maximum Gasteiger partial charge on any atom is 0.131 e. The van der Waals surface area contributed by atoms with E-state index < -0.39 is 0 Å². The van der Waals surface area contributed by atoms with E-state index in [9.17, 15) is 0 Å². The first kappa shape index (κ1) is 14.0. The summed E-state index contributed by atoms with van der Waals surface area (Å²) in [4.78, 5) is 0. The number of hydrogen-bond acceptors (Lipinski definition) is 1. The van der Waals surface area contributed by atoms with E-state index >= 15 is 0 Å². The molecule has 0 amide bonds. The molecule has 0 atom stereocenters. The van der Waals surface area contributed by atoms with Crippen LogP contribution in [-0.4, -0.2) is 0 Å². The van der Waals surface area contributed by atoms with Crippen molar-refractivity contribution >= 4 is 11.6 Å². The Morgan fingerprint density at radius 2 is 1.74 bits per heavy atom. The van der Waals surface area contributed by atoms with Crippen molar-refractivity contribution in [3.8, 4) is 11.5 Å². The number of aryl methyl sites for hydroxylation is 1. The van der Waals surface area contributed by atoms with Crippen LogP contribution in [0.25, 0.3) is 0 Å². The third kappa shape index (κ3) is 3.51. The molecule has 0 heterocycles. The van der Waals surface area contributed by atoms with E-state index in [2.05, 4.69) is 39.0 Å². The molecule has 1 nitrogen and oxygen atoms in total. The largest absolute Gasteiger partial charge is 0.457 e. The number of hydrogen-bond donors (Lipinski definition) is 0. The van der Waals surface area contributed by atoms with Gasteiger partial charge in [-0.15, -0.1) is 11.6 Å². The van der Waals surface area contributed by atoms with Gasteiger partial charge in [0.15, 0.2) is 0 Å². The molecular weight excluding hydrogens is 256 g/mol. The average molecular weight is 275 g/mol. The highest BCUT2D eigenvalue weighted by atomic mass is 35.5. The first-order valence-corrected chi connectivity index (χ1v) is 7.07. The molecule has 19 heavy (non-hydrogen) atoms. The van der Waals surface area contributed by atoms with Gasteiger partial charge < -0.3 is 4.74 Å². The zero-order valence-electron chi connectivity index (χ0n) is 11.6. The van der Waals surface area contributed by atoms with Crippen molar-refractivity contribution in [3.63, 3.8) is 0 Å². The Morgan fingerprint density at radius 3 is 2.32 bits per heavy atom. The average Bonchev–Trinajstić information content (AvgIpc) is 2.39. The Bertz CT molecular complexity index is 544. The Morgan fingerprint density at radius 1 is 1.05 bits per heavy atom. The Labute approximate surface area is 120 Å². The second-order valence-electron chi connectivity index (χ2n) is 5.08. The predicted molar refractivity (Wildman–Crippen MR) is 81.3 cm³/mol. The summed E-state index contributed by atoms with van der Waals surface area (Å²) >= 11 is 5.79. The summed E-state index contributed by atoms with van der Waals surface area (Å²) in [7, 11) is 0. The van der Waals surface area contributed by atoms with Crippen LogP contribution in [0.3, 0.4) is 0 Å². The Kier molecular flexibility index (Phi) is 4.49. The van der Waals surface area contributed by atoms with Crippen molar-refractivity contribution < 1.29 is 4.74 Å². The van der Waals surface area contributed by atoms with Crippen molar-refractivity contribution in [1.29, 1.82) is 0 Å². The zero-order valence-corrected chi connectivity index (χ0v) is 12.4. The summed E-state index contributed by atoms with van der Waals surface area (Å²) in [5, 5.41) is 0. The third-order valence-corrected chi connectivity index (χ3v) is 3.41. The molecule has 0 aliphatic heterocycles. The van der Waals surface area contributed by atoms with Gasteiger partial charge in [-0.2, -0.15) is 0 Å². The maximum atomic E-state index is 6.01. The standard InChI is InChI=1S/C17H19ClO/c1-12(2)16-9-4-13(3)10-17(16)19-15-7-5-14(11-18)6-8-15/h4-10,12H,11H2,1-3H3. The lowest BCUT2D eigenvalue weighted by Gasteiger charge is -2.14. The second-order valence-corrected chi connectivity index (χ2v) is 5.34. The lowest BCUT2D eigenvalue weighted by molar-refractivity contribution is 0.472. The van der Waals surface area contributed by atoms with Crippen molar-refractivity contribution in [2.45, 2.75) is 32.6 Å². The quantitative estimate of drug-likeness (QED) is 0.655. The van der Waals surface area contributed by atoms with E-state index in [1.807, 2.05) is 24.3 Å². The number of ether oxygens (including phenoxy) is 1. The van der Waals surface area contributed by atoms with Gasteiger partial charge in [0.2, 0.25) is 0 Å². The Balaban J connectivity index is 2.28. The minimum absolute atomic E-state index is 0.442. The molecule has 0 aromatic heterocycles. The van der Waals surface area contributed by atoms with Crippen LogP contribution in [0.15, 0.2) is 42.5 Å². The summed E-state index contributed by atoms with van der Waals surface area (Å²) in [5.41, 5.74) is 3.53. The van der Waals surface area contributed by atoms with Gasteiger partial charge >= 0.3 is 0 Å². The fourth-order valence-corrected chi connectivity index (χ4v) is 2.16. The smallest absolute Gasteiger partial charge is 0.131 e. The van der Waals surface area contributed by atoms with Crippen molar-refractivity contribution in [1.82, 2.24) is 0 Å². The fraction of sp³-hybridized carbons (Fsp3) is 0.294. The van der Waals surface area contributed by atoms with Gasteiger partial charge in [0.05, 0.1) is 0 Å². The first-order chi connectivity index (χ1) is 9.10. The molecule has 0 N–H and O–H groups in total. The number of halogens is 1. The highest BCUT2D eigenvalue weighted by Gasteiger charge is 2.09. The minimum atomic E-state index is 0.442. The maximum absolute atomic E-state index is 6.01. The highest BCUT2D eigenvalue weighted by molar-refractivity contribution is 6.17. The number of benzene rings is 2. The molecule has 0 unspecified atom stereocenters. The summed E-state index contributed by atoms with van der Waals surface area (Å²) in [5.74, 6) is 2.76. The topological polar surface area (TPSA) is 9.23 Å². The van der Waals surface area contributed by atoms with E-state index in [4.69, 9.17) is 16.3 Å². The zero-order chi connectivity index (χ0) is 13.8. The molecule has 2 heteroatoms. The van der Waals surface area contributed by atoms with Crippen LogP contribution in [0.5, 0.6) is 11.5 Å². The van der Waals surface area contributed by atoms with Crippen LogP contribution < -0.4 is 4.74 Å². The van der Waals surface area contributed by atoms with Crippen molar-refractivity contribution in [3.05, 3.63) is 59.2 Å². The summed E-state index contributed by atoms with van der Waals surface area (Å²) in [6.07, 6.45) is 0. The lowest BCUT2D eigenvalue weighted by atomic mass is 10.0. The normalized spacial score (nSPS) is 10.8. The molecule has 2 aromatic carbocycles. The molecule has 2 aromatic rings. The van der Waals surface area contributed by atoms with Gasteiger partial charge in [0.1, 0.15) is 11.5 Å². The van der Waals surface area contributed by atoms with Gasteiger partial charge in [0, 0.05) is 5.88 Å². The molecule has 0 spiro atoms. The highest BCUT2D eigenvalue weighted by Crippen LogP contribution is 2.31. The SMILES string of the molecule is Cc1ccc(C(C)C)c(Oc2ccc(CCl)cc2)c1. The van der Waals surface area contributed by atoms with E-state index in [1.165, 1.54) is 11.1 Å². The summed E-state index contributed by atoms with van der Waals surface area (Å²) in [6.45, 7) is 6.43. The number of alkyl halides is 1. The molecule has 0 aliphatic carbocycles. The molecule has 0 fully saturated rings. The van der Waals surface area contributed by atoms with Gasteiger partial charge in [-0.05, 0) is 47.7 Å². The van der Waals surface area contributed by atoms with Crippen molar-refractivity contribution in [2.24, 2.45) is 0 Å². The van der Waals surface area contributed by atoms with Gasteiger partial charge in [-0.1, -0.05) is 38.1 Å². The van der Waals surface area contributed by atoms with Crippen LogP contribution in [0.4, 0.5) is 0 Å². The van der Waals surface area contributed by atoms with Gasteiger partial charge in [0.25, 0.3) is 0 Å². The molecule has 100 valence electrons. The molecule has 0 saturated carbocycles. The molecule has 0 saturated heterocycles. The second kappa shape index (κ2) is 6.12. The monoisotopic (exact) mass is 274 g/mol. The van der Waals surface area contributed by atoms with E-state index in [1.54, 1.807) is 0 Å². The van der Waals surface area contributed by atoms with Crippen LogP contribution in [0, 0.1) is 6.92 Å². The molecule has 2 rings (SSSR count). The van der Waals surface area contributed by atoms with Crippen LogP contribution in [-0.2, 0) is 5.88 Å². The number of rotatable bonds is 4. The molecule has 0 radical (unpaired) electrons. The minimum Gasteiger partial charge on any atom is -0.457 e. The Hall–Kier alpha value is -1.47. The first-order valence-electron chi connectivity index (χ1n) is 6.53. The fourth-order valence-electron chi connectivity index (χ4n) is 1.98. The van der Waals surface area contributed by atoms with Gasteiger partial charge in [-0.3, -0.25) is 0 Å². The predicted octanol–water partition coefficient (Wildman–Crippen LogP) is 5.65. The summed E-state index contributed by atoms with van der Waals surface area (Å²) in [6, 6.07) is 14.3. The van der Waals surface area contributed by atoms with Crippen LogP contribution >= 0.6 is 11.6 Å². The third-order valence-electron chi connectivity index (χ3n) is 3.10. The summed E-state index contributed by atoms with van der Waals surface area (Å²) < 4.78 is 6.01. The molecule has 0 bridgehead atoms. The van der Waals surface area contributed by atoms with Gasteiger partial charge in [-0.25, -0.2) is 0 Å². The van der Waals surface area contributed by atoms with Crippen LogP contribution in [0.1, 0.15) is 36.5 Å². The molecular formula is C17H19ClO. The van der Waals surface area contributed by atoms with E-state index in [0.717, 1.165) is 17.1 Å². The van der Waals surface area contributed by atoms with E-state index in [-0.39, 0.29) is 0 Å².